The van der Waals surface area contributed by atoms with E-state index in [0.29, 0.717) is 0 Å². The first-order valence-corrected chi connectivity index (χ1v) is 6.04. The number of nitrogens with zero attached hydrogens (tertiary/aromatic N) is 1. The van der Waals surface area contributed by atoms with Crippen LogP contribution in [0.3, 0.4) is 0 Å². The minimum Gasteiger partial charge on any atom is -0.370 e. The molecular formula is C12H15ClN2O. The quantitative estimate of drug-likeness (QED) is 0.821. The number of carbonyl (C=O) groups excluding carboxylic acids is 1. The molecule has 0 radical (unpaired) electrons. The second-order valence-electron chi connectivity index (χ2n) is 3.89. The van der Waals surface area contributed by atoms with E-state index in [1.807, 2.05) is 24.3 Å². The van der Waals surface area contributed by atoms with Gasteiger partial charge >= 0.3 is 0 Å². The third-order valence-electron chi connectivity index (χ3n) is 2.75. The van der Waals surface area contributed by atoms with Crippen LogP contribution in [0.15, 0.2) is 24.3 Å². The summed E-state index contributed by atoms with van der Waals surface area (Å²) >= 11 is 5.49. The highest BCUT2D eigenvalue weighted by molar-refractivity contribution is 6.29. The fourth-order valence-corrected chi connectivity index (χ4v) is 2.06. The van der Waals surface area contributed by atoms with E-state index in [4.69, 9.17) is 11.6 Å². The van der Waals surface area contributed by atoms with Crippen LogP contribution in [0.25, 0.3) is 0 Å². The standard InChI is InChI=1S/C12H15ClN2O/c13-9-12(16)14-10-5-1-2-6-11(10)15-7-3-4-8-15/h1-2,5-6H,3-4,7-9H2,(H,14,16). The minimum absolute atomic E-state index is 0.00562. The van der Waals surface area contributed by atoms with Crippen LogP contribution < -0.4 is 10.2 Å². The van der Waals surface area contributed by atoms with E-state index >= 15 is 0 Å². The van der Waals surface area contributed by atoms with Gasteiger partial charge in [0, 0.05) is 13.1 Å². The molecule has 1 N–H and O–H groups in total. The highest BCUT2D eigenvalue weighted by Crippen LogP contribution is 2.28. The molecule has 0 atom stereocenters. The first-order chi connectivity index (χ1) is 7.81. The second kappa shape index (κ2) is 5.21. The van der Waals surface area contributed by atoms with Crippen molar-refractivity contribution in [1.82, 2.24) is 0 Å². The van der Waals surface area contributed by atoms with Gasteiger partial charge in [-0.2, -0.15) is 0 Å². The maximum atomic E-state index is 11.3. The maximum Gasteiger partial charge on any atom is 0.239 e. The lowest BCUT2D eigenvalue weighted by molar-refractivity contribution is -0.113. The molecule has 0 spiro atoms. The van der Waals surface area contributed by atoms with Gasteiger partial charge in [-0.3, -0.25) is 4.79 Å². The molecule has 0 aliphatic carbocycles. The van der Waals surface area contributed by atoms with Crippen molar-refractivity contribution in [1.29, 1.82) is 0 Å². The number of amides is 1. The predicted molar refractivity (Wildman–Crippen MR) is 67.2 cm³/mol. The number of anilines is 2. The molecule has 86 valence electrons. The molecule has 1 aliphatic heterocycles. The number of benzene rings is 1. The molecule has 1 aromatic rings. The molecule has 0 aromatic heterocycles. The van der Waals surface area contributed by atoms with Gasteiger partial charge in [-0.05, 0) is 25.0 Å². The number of alkyl halides is 1. The van der Waals surface area contributed by atoms with Crippen molar-refractivity contribution in [2.24, 2.45) is 0 Å². The second-order valence-corrected chi connectivity index (χ2v) is 4.16. The number of nitrogens with one attached hydrogen (secondary N) is 1. The number of rotatable bonds is 3. The highest BCUT2D eigenvalue weighted by atomic mass is 35.5. The molecule has 0 bridgehead atoms. The van der Waals surface area contributed by atoms with Gasteiger partial charge in [-0.25, -0.2) is 0 Å². The van der Waals surface area contributed by atoms with Gasteiger partial charge in [0.1, 0.15) is 5.88 Å². The van der Waals surface area contributed by atoms with E-state index in [0.717, 1.165) is 24.5 Å². The summed E-state index contributed by atoms with van der Waals surface area (Å²) in [5, 5.41) is 2.82. The van der Waals surface area contributed by atoms with E-state index < -0.39 is 0 Å². The lowest BCUT2D eigenvalue weighted by atomic mass is 10.2. The Morgan fingerprint density at radius 1 is 1.31 bits per heavy atom. The molecule has 1 saturated heterocycles. The first-order valence-electron chi connectivity index (χ1n) is 5.51. The fraction of sp³-hybridized carbons (Fsp3) is 0.417. The summed E-state index contributed by atoms with van der Waals surface area (Å²) in [4.78, 5) is 13.6. The minimum atomic E-state index is -0.159. The van der Waals surface area contributed by atoms with Crippen LogP contribution in [0.5, 0.6) is 0 Å². The summed E-state index contributed by atoms with van der Waals surface area (Å²) in [6.07, 6.45) is 2.44. The van der Waals surface area contributed by atoms with Crippen LogP contribution in [0.2, 0.25) is 0 Å². The maximum absolute atomic E-state index is 11.3. The van der Waals surface area contributed by atoms with Gasteiger partial charge in [0.05, 0.1) is 11.4 Å². The molecule has 2 rings (SSSR count). The summed E-state index contributed by atoms with van der Waals surface area (Å²) in [7, 11) is 0. The number of hydrogen-bond acceptors (Lipinski definition) is 2. The monoisotopic (exact) mass is 238 g/mol. The molecule has 0 unspecified atom stereocenters. The van der Waals surface area contributed by atoms with Crippen LogP contribution in [-0.2, 0) is 4.79 Å². The zero-order chi connectivity index (χ0) is 11.4. The van der Waals surface area contributed by atoms with Gasteiger partial charge in [0.15, 0.2) is 0 Å². The van der Waals surface area contributed by atoms with Gasteiger partial charge in [-0.1, -0.05) is 12.1 Å². The number of para-hydroxylation sites is 2. The first kappa shape index (κ1) is 11.3. The van der Waals surface area contributed by atoms with Crippen LogP contribution in [0.1, 0.15) is 12.8 Å². The Balaban J connectivity index is 2.19. The van der Waals surface area contributed by atoms with Crippen molar-refractivity contribution in [3.63, 3.8) is 0 Å². The van der Waals surface area contributed by atoms with Gasteiger partial charge in [0.2, 0.25) is 5.91 Å². The predicted octanol–water partition coefficient (Wildman–Crippen LogP) is 2.46. The highest BCUT2D eigenvalue weighted by Gasteiger charge is 2.15. The molecule has 4 heteroatoms. The molecule has 1 aliphatic rings. The largest absolute Gasteiger partial charge is 0.370 e. The summed E-state index contributed by atoms with van der Waals surface area (Å²) in [6.45, 7) is 2.13. The molecule has 1 heterocycles. The van der Waals surface area contributed by atoms with Crippen LogP contribution in [0, 0.1) is 0 Å². The summed E-state index contributed by atoms with van der Waals surface area (Å²) in [5.41, 5.74) is 1.95. The zero-order valence-electron chi connectivity index (χ0n) is 9.08. The number of hydrogen-bond donors (Lipinski definition) is 1. The van der Waals surface area contributed by atoms with E-state index in [-0.39, 0.29) is 11.8 Å². The molecule has 0 saturated carbocycles. The molecule has 16 heavy (non-hydrogen) atoms. The van der Waals surface area contributed by atoms with Crippen molar-refractivity contribution in [2.45, 2.75) is 12.8 Å². The molecule has 3 nitrogen and oxygen atoms in total. The molecule has 1 fully saturated rings. The Morgan fingerprint density at radius 2 is 2.00 bits per heavy atom. The van der Waals surface area contributed by atoms with Crippen molar-refractivity contribution in [2.75, 3.05) is 29.2 Å². The average Bonchev–Trinajstić information content (AvgIpc) is 2.83. The number of carbonyl (C=O) groups is 1. The zero-order valence-corrected chi connectivity index (χ0v) is 9.83. The van der Waals surface area contributed by atoms with Crippen LogP contribution in [0.4, 0.5) is 11.4 Å². The Morgan fingerprint density at radius 3 is 2.69 bits per heavy atom. The Kier molecular flexibility index (Phi) is 3.67. The summed E-state index contributed by atoms with van der Waals surface area (Å²) in [5.74, 6) is -0.165. The molecule has 1 aromatic carbocycles. The van der Waals surface area contributed by atoms with Crippen LogP contribution in [-0.4, -0.2) is 24.9 Å². The summed E-state index contributed by atoms with van der Waals surface area (Å²) < 4.78 is 0. The SMILES string of the molecule is O=C(CCl)Nc1ccccc1N1CCCC1. The van der Waals surface area contributed by atoms with Crippen molar-refractivity contribution >= 4 is 28.9 Å². The van der Waals surface area contributed by atoms with Gasteiger partial charge < -0.3 is 10.2 Å². The Labute approximate surface area is 100 Å². The van der Waals surface area contributed by atoms with Crippen LogP contribution >= 0.6 is 11.6 Å². The molecular weight excluding hydrogens is 224 g/mol. The van der Waals surface area contributed by atoms with Gasteiger partial charge in [0.25, 0.3) is 0 Å². The summed E-state index contributed by atoms with van der Waals surface area (Å²) in [6, 6.07) is 7.86. The third-order valence-corrected chi connectivity index (χ3v) is 2.99. The lowest BCUT2D eigenvalue weighted by Gasteiger charge is -2.21. The average molecular weight is 239 g/mol. The van der Waals surface area contributed by atoms with E-state index in [2.05, 4.69) is 10.2 Å². The van der Waals surface area contributed by atoms with Crippen molar-refractivity contribution in [3.05, 3.63) is 24.3 Å². The van der Waals surface area contributed by atoms with E-state index in [9.17, 15) is 4.79 Å². The van der Waals surface area contributed by atoms with E-state index in [1.54, 1.807) is 0 Å². The fourth-order valence-electron chi connectivity index (χ4n) is 2.00. The third kappa shape index (κ3) is 2.47. The Bertz CT molecular complexity index is 375. The Hall–Kier alpha value is -1.22. The van der Waals surface area contributed by atoms with Crippen molar-refractivity contribution < 1.29 is 4.79 Å². The lowest BCUT2D eigenvalue weighted by Crippen LogP contribution is -2.21. The smallest absolute Gasteiger partial charge is 0.239 e. The molecule has 1 amide bonds. The topological polar surface area (TPSA) is 32.3 Å². The normalized spacial score (nSPS) is 15.2. The van der Waals surface area contributed by atoms with Gasteiger partial charge in [-0.15, -0.1) is 11.6 Å². The van der Waals surface area contributed by atoms with E-state index in [1.165, 1.54) is 12.8 Å². The van der Waals surface area contributed by atoms with Crippen molar-refractivity contribution in [3.8, 4) is 0 Å². The number of halogens is 1.